The highest BCUT2D eigenvalue weighted by atomic mass is 16.5. The molecule has 4 heterocycles. The molecule has 4 rings (SSSR count). The number of hydrogen-bond acceptors (Lipinski definition) is 6. The molecule has 0 radical (unpaired) electrons. The van der Waals surface area contributed by atoms with E-state index >= 15 is 0 Å². The molecule has 45 heavy (non-hydrogen) atoms. The molecule has 0 spiro atoms. The number of nitrogens with zero attached hydrogens (tertiary/aromatic N) is 1. The van der Waals surface area contributed by atoms with Gasteiger partial charge in [0.05, 0.1) is 19.9 Å². The number of aromatic nitrogens is 2. The number of carbonyl (C=O) groups excluding carboxylic acids is 4. The van der Waals surface area contributed by atoms with Crippen molar-refractivity contribution in [2.24, 2.45) is 16.8 Å². The normalized spacial score (nSPS) is 20.7. The summed E-state index contributed by atoms with van der Waals surface area (Å²) in [6.45, 7) is 12.0. The van der Waals surface area contributed by atoms with Crippen LogP contribution in [0.25, 0.3) is 12.2 Å². The molecule has 0 aliphatic carbocycles. The minimum atomic E-state index is -0.306. The molecule has 0 unspecified atom stereocenters. The van der Waals surface area contributed by atoms with Gasteiger partial charge in [-0.3, -0.25) is 19.2 Å². The molecule has 2 amide bonds. The molecule has 0 saturated carbocycles. The minimum absolute atomic E-state index is 0.00403. The summed E-state index contributed by atoms with van der Waals surface area (Å²) in [7, 11) is 2.76. The predicted octanol–water partition coefficient (Wildman–Crippen LogP) is 3.19. The zero-order chi connectivity index (χ0) is 33.0. The number of rotatable bonds is 12. The molecular weight excluding hydrogens is 572 g/mol. The number of H-pyrrole nitrogens is 2. The van der Waals surface area contributed by atoms with Gasteiger partial charge in [-0.15, -0.1) is 0 Å². The van der Waals surface area contributed by atoms with E-state index in [1.54, 1.807) is 6.92 Å². The van der Waals surface area contributed by atoms with Crippen LogP contribution in [-0.4, -0.2) is 59.7 Å². The Hall–Kier alpha value is -4.21. The third-order valence-electron chi connectivity index (χ3n) is 9.61. The summed E-state index contributed by atoms with van der Waals surface area (Å²) < 4.78 is 9.86. The molecule has 3 N–H and O–H groups in total. The molecule has 2 aliphatic rings. The molecule has 1 fully saturated rings. The highest BCUT2D eigenvalue weighted by molar-refractivity contribution is 6.30. The van der Waals surface area contributed by atoms with Gasteiger partial charge in [0, 0.05) is 58.9 Å². The lowest BCUT2D eigenvalue weighted by atomic mass is 9.88. The quantitative estimate of drug-likeness (QED) is 0.312. The van der Waals surface area contributed by atoms with Crippen LogP contribution in [-0.2, 0) is 47.9 Å². The number of allylic oxidation sites excluding steroid dienone is 1. The fraction of sp³-hybridized carbons (Fsp3) is 0.514. The SMILES string of the molecule is CCC1=C(C)C(=O)N=C1/C=c1\[nH]/c(=C\c2[nH]c(C[C@H]3NC(=O)[C@H](CC)[C@H]3C)c(C)c2CCC(=O)OC)c(CCC(=O)OC)c1C. The van der Waals surface area contributed by atoms with Crippen molar-refractivity contribution < 1.29 is 28.7 Å². The fourth-order valence-electron chi connectivity index (χ4n) is 6.68. The first kappa shape index (κ1) is 33.7. The lowest BCUT2D eigenvalue weighted by molar-refractivity contribution is -0.141. The van der Waals surface area contributed by atoms with Crippen molar-refractivity contribution in [2.45, 2.75) is 92.5 Å². The van der Waals surface area contributed by atoms with Crippen molar-refractivity contribution in [3.8, 4) is 0 Å². The maximum atomic E-state index is 12.6. The van der Waals surface area contributed by atoms with Gasteiger partial charge in [0.15, 0.2) is 0 Å². The average molecular weight is 619 g/mol. The van der Waals surface area contributed by atoms with E-state index in [4.69, 9.17) is 9.47 Å². The number of amides is 2. The summed E-state index contributed by atoms with van der Waals surface area (Å²) in [6, 6.07) is 0.00447. The second-order valence-electron chi connectivity index (χ2n) is 12.1. The van der Waals surface area contributed by atoms with E-state index in [2.05, 4.69) is 27.2 Å². The molecule has 2 aromatic heterocycles. The van der Waals surface area contributed by atoms with Gasteiger partial charge in [-0.05, 0) is 92.4 Å². The first-order valence-electron chi connectivity index (χ1n) is 15.8. The number of nitrogens with one attached hydrogen (secondary N) is 3. The highest BCUT2D eigenvalue weighted by Crippen LogP contribution is 2.30. The molecule has 10 heteroatoms. The Bertz CT molecular complexity index is 1690. The molecule has 1 saturated heterocycles. The van der Waals surface area contributed by atoms with Crippen LogP contribution in [0.1, 0.15) is 87.0 Å². The highest BCUT2D eigenvalue weighted by Gasteiger charge is 2.38. The second-order valence-corrected chi connectivity index (χ2v) is 12.1. The minimum Gasteiger partial charge on any atom is -0.469 e. The van der Waals surface area contributed by atoms with Gasteiger partial charge in [-0.2, -0.15) is 0 Å². The van der Waals surface area contributed by atoms with Crippen molar-refractivity contribution in [3.63, 3.8) is 0 Å². The average Bonchev–Trinajstić information content (AvgIpc) is 3.66. The summed E-state index contributed by atoms with van der Waals surface area (Å²) in [5.74, 6) is -0.527. The summed E-state index contributed by atoms with van der Waals surface area (Å²) in [4.78, 5) is 60.7. The topological polar surface area (TPSA) is 143 Å². The van der Waals surface area contributed by atoms with Crippen LogP contribution in [0.15, 0.2) is 16.1 Å². The standard InChI is InChI=1S/C35H46N4O6/c1-9-22-21(6)34(42)39-29(22)16-27-20(5)25(12-14-33(41)45-8)31(37-27)17-30-24(11-13-32(40)44-7)19(4)26(36-30)15-28-18(3)23(10-2)35(43)38-28/h16-18,23,28,36-37H,9-15H2,1-8H3,(H,38,43)/b27-16-,31-17-/t18-,23-,28-/m1/s1. The van der Waals surface area contributed by atoms with Gasteiger partial charge in [0.25, 0.3) is 5.91 Å². The van der Waals surface area contributed by atoms with Crippen molar-refractivity contribution in [1.82, 2.24) is 15.3 Å². The Kier molecular flexibility index (Phi) is 10.7. The van der Waals surface area contributed by atoms with E-state index < -0.39 is 0 Å². The van der Waals surface area contributed by atoms with Crippen LogP contribution >= 0.6 is 0 Å². The molecule has 10 nitrogen and oxygen atoms in total. The van der Waals surface area contributed by atoms with E-state index in [9.17, 15) is 19.2 Å². The summed E-state index contributed by atoms with van der Waals surface area (Å²) in [5, 5.41) is 4.80. The first-order chi connectivity index (χ1) is 21.4. The largest absolute Gasteiger partial charge is 0.469 e. The monoisotopic (exact) mass is 618 g/mol. The Morgan fingerprint density at radius 1 is 0.889 bits per heavy atom. The Balaban J connectivity index is 1.84. The van der Waals surface area contributed by atoms with E-state index in [1.807, 2.05) is 39.8 Å². The Labute approximate surface area is 264 Å². The molecule has 2 aromatic rings. The van der Waals surface area contributed by atoms with Gasteiger partial charge in [0.2, 0.25) is 5.91 Å². The Morgan fingerprint density at radius 3 is 2.11 bits per heavy atom. The second kappa shape index (κ2) is 14.3. The maximum absolute atomic E-state index is 12.6. The predicted molar refractivity (Wildman–Crippen MR) is 173 cm³/mol. The van der Waals surface area contributed by atoms with Gasteiger partial charge in [0.1, 0.15) is 0 Å². The summed E-state index contributed by atoms with van der Waals surface area (Å²) in [6.07, 6.45) is 7.41. The Morgan fingerprint density at radius 2 is 1.53 bits per heavy atom. The number of aliphatic imine (C=N–C) groups is 1. The van der Waals surface area contributed by atoms with Crippen LogP contribution in [0.2, 0.25) is 0 Å². The van der Waals surface area contributed by atoms with E-state index in [0.29, 0.717) is 37.0 Å². The van der Waals surface area contributed by atoms with Crippen molar-refractivity contribution >= 4 is 41.6 Å². The first-order valence-corrected chi connectivity index (χ1v) is 15.8. The molecular formula is C35H46N4O6. The molecule has 242 valence electrons. The number of ether oxygens (including phenoxy) is 2. The molecule has 2 aliphatic heterocycles. The fourth-order valence-corrected chi connectivity index (χ4v) is 6.68. The van der Waals surface area contributed by atoms with Gasteiger partial charge in [-0.25, -0.2) is 4.99 Å². The van der Waals surface area contributed by atoms with Gasteiger partial charge >= 0.3 is 11.9 Å². The number of carbonyl (C=O) groups is 4. The van der Waals surface area contributed by atoms with Crippen LogP contribution in [0.4, 0.5) is 0 Å². The van der Waals surface area contributed by atoms with Crippen LogP contribution < -0.4 is 16.0 Å². The van der Waals surface area contributed by atoms with Gasteiger partial charge in [-0.1, -0.05) is 20.8 Å². The lowest BCUT2D eigenvalue weighted by Gasteiger charge is -2.17. The van der Waals surface area contributed by atoms with Crippen molar-refractivity contribution in [2.75, 3.05) is 14.2 Å². The third kappa shape index (κ3) is 7.05. The third-order valence-corrected chi connectivity index (χ3v) is 9.61. The maximum Gasteiger partial charge on any atom is 0.305 e. The molecule has 3 atom stereocenters. The van der Waals surface area contributed by atoms with Crippen LogP contribution in [0, 0.1) is 25.7 Å². The van der Waals surface area contributed by atoms with Crippen molar-refractivity contribution in [1.29, 1.82) is 0 Å². The lowest BCUT2D eigenvalue weighted by Crippen LogP contribution is -2.30. The van der Waals surface area contributed by atoms with Gasteiger partial charge < -0.3 is 24.8 Å². The smallest absolute Gasteiger partial charge is 0.305 e. The van der Waals surface area contributed by atoms with Crippen LogP contribution in [0.3, 0.4) is 0 Å². The zero-order valence-corrected chi connectivity index (χ0v) is 27.7. The molecule has 0 bridgehead atoms. The summed E-state index contributed by atoms with van der Waals surface area (Å²) in [5.41, 5.74) is 8.02. The van der Waals surface area contributed by atoms with E-state index in [-0.39, 0.29) is 54.5 Å². The van der Waals surface area contributed by atoms with E-state index in [0.717, 1.165) is 56.3 Å². The zero-order valence-electron chi connectivity index (χ0n) is 27.7. The number of esters is 2. The number of aromatic amines is 2. The van der Waals surface area contributed by atoms with E-state index in [1.165, 1.54) is 14.2 Å². The van der Waals surface area contributed by atoms with Crippen LogP contribution in [0.5, 0.6) is 0 Å². The number of methoxy groups -OCH3 is 2. The van der Waals surface area contributed by atoms with Crippen molar-refractivity contribution in [3.05, 3.63) is 55.5 Å². The number of hydrogen-bond donors (Lipinski definition) is 3. The molecule has 0 aromatic carbocycles. The summed E-state index contributed by atoms with van der Waals surface area (Å²) >= 11 is 0.